The Labute approximate surface area is 164 Å². The van der Waals surface area contributed by atoms with Gasteiger partial charge in [0.25, 0.3) is 11.5 Å². The molecule has 3 heterocycles. The first-order valence-corrected chi connectivity index (χ1v) is 9.07. The number of aromatic nitrogens is 3. The van der Waals surface area contributed by atoms with Crippen molar-refractivity contribution in [2.24, 2.45) is 0 Å². The highest BCUT2D eigenvalue weighted by Gasteiger charge is 2.39. The number of rotatable bonds is 6. The van der Waals surface area contributed by atoms with Crippen molar-refractivity contribution in [2.45, 2.75) is 37.8 Å². The third-order valence-corrected chi connectivity index (χ3v) is 4.52. The summed E-state index contributed by atoms with van der Waals surface area (Å²) in [6.45, 7) is 1.93. The minimum Gasteiger partial charge on any atom is -0.477 e. The summed E-state index contributed by atoms with van der Waals surface area (Å²) in [6.07, 6.45) is -0.835. The van der Waals surface area contributed by atoms with E-state index in [1.54, 1.807) is 13.0 Å². The number of H-pyrrole nitrogens is 1. The van der Waals surface area contributed by atoms with E-state index in [9.17, 15) is 24.6 Å². The molecule has 29 heavy (non-hydrogen) atoms. The van der Waals surface area contributed by atoms with Crippen LogP contribution in [0.15, 0.2) is 40.2 Å². The van der Waals surface area contributed by atoms with Gasteiger partial charge in [0.1, 0.15) is 23.9 Å². The third kappa shape index (κ3) is 4.70. The molecule has 0 spiro atoms. The number of hydrogen-bond donors (Lipinski definition) is 4. The van der Waals surface area contributed by atoms with Crippen molar-refractivity contribution in [1.82, 2.24) is 19.9 Å². The van der Waals surface area contributed by atoms with Crippen LogP contribution in [0.4, 0.5) is 0 Å². The SMILES string of the molecule is CCOc1ncccc1C(=O)N[C@@H]1CO[C@H](Cn2ccc(=O)[nH]c2=O)[C@@H](O)[C@H]1O. The maximum atomic E-state index is 12.6. The van der Waals surface area contributed by atoms with Gasteiger partial charge in [-0.25, -0.2) is 9.78 Å². The first-order valence-electron chi connectivity index (χ1n) is 9.07. The summed E-state index contributed by atoms with van der Waals surface area (Å²) < 4.78 is 12.0. The monoisotopic (exact) mass is 406 g/mol. The van der Waals surface area contributed by atoms with E-state index in [4.69, 9.17) is 9.47 Å². The normalized spacial score (nSPS) is 24.1. The molecular formula is C18H22N4O7. The van der Waals surface area contributed by atoms with Crippen LogP contribution >= 0.6 is 0 Å². The second kappa shape index (κ2) is 8.99. The molecule has 3 rings (SSSR count). The second-order valence-corrected chi connectivity index (χ2v) is 6.48. The van der Waals surface area contributed by atoms with E-state index in [1.165, 1.54) is 24.5 Å². The molecule has 0 bridgehead atoms. The molecule has 1 aliphatic rings. The predicted molar refractivity (Wildman–Crippen MR) is 99.7 cm³/mol. The summed E-state index contributed by atoms with van der Waals surface area (Å²) in [5.74, 6) is -0.369. The van der Waals surface area contributed by atoms with Gasteiger partial charge < -0.3 is 25.0 Å². The summed E-state index contributed by atoms with van der Waals surface area (Å²) in [7, 11) is 0. The number of aliphatic hydroxyl groups excluding tert-OH is 2. The van der Waals surface area contributed by atoms with Gasteiger partial charge >= 0.3 is 5.69 Å². The molecule has 1 saturated heterocycles. The second-order valence-electron chi connectivity index (χ2n) is 6.48. The number of amides is 1. The largest absolute Gasteiger partial charge is 0.477 e. The Hall–Kier alpha value is -3.02. The Morgan fingerprint density at radius 2 is 2.17 bits per heavy atom. The van der Waals surface area contributed by atoms with Crippen molar-refractivity contribution < 1.29 is 24.5 Å². The molecule has 1 amide bonds. The molecule has 1 aliphatic heterocycles. The summed E-state index contributed by atoms with van der Waals surface area (Å²) in [4.78, 5) is 41.6. The van der Waals surface area contributed by atoms with E-state index >= 15 is 0 Å². The molecule has 11 nitrogen and oxygen atoms in total. The van der Waals surface area contributed by atoms with Gasteiger partial charge in [-0.05, 0) is 19.1 Å². The molecule has 11 heteroatoms. The topological polar surface area (TPSA) is 156 Å². The number of nitrogens with one attached hydrogen (secondary N) is 2. The lowest BCUT2D eigenvalue weighted by Crippen LogP contribution is -2.60. The smallest absolute Gasteiger partial charge is 0.328 e. The fourth-order valence-electron chi connectivity index (χ4n) is 3.01. The van der Waals surface area contributed by atoms with Crippen LogP contribution in [0.1, 0.15) is 17.3 Å². The van der Waals surface area contributed by atoms with Gasteiger partial charge in [0.15, 0.2) is 0 Å². The molecule has 2 aromatic rings. The van der Waals surface area contributed by atoms with Gasteiger partial charge in [-0.2, -0.15) is 0 Å². The maximum Gasteiger partial charge on any atom is 0.328 e. The number of aliphatic hydroxyl groups is 2. The quantitative estimate of drug-likeness (QED) is 0.440. The van der Waals surface area contributed by atoms with Crippen molar-refractivity contribution in [2.75, 3.05) is 13.2 Å². The van der Waals surface area contributed by atoms with Gasteiger partial charge in [-0.3, -0.25) is 19.1 Å². The first kappa shape index (κ1) is 20.7. The van der Waals surface area contributed by atoms with Gasteiger partial charge in [0.2, 0.25) is 5.88 Å². The van der Waals surface area contributed by atoms with E-state index < -0.39 is 41.5 Å². The molecule has 2 aromatic heterocycles. The van der Waals surface area contributed by atoms with Crippen molar-refractivity contribution >= 4 is 5.91 Å². The predicted octanol–water partition coefficient (Wildman–Crippen LogP) is -1.75. The lowest BCUT2D eigenvalue weighted by Gasteiger charge is -2.38. The molecule has 156 valence electrons. The van der Waals surface area contributed by atoms with Crippen LogP contribution in [0, 0.1) is 0 Å². The van der Waals surface area contributed by atoms with Crippen LogP contribution in [0.25, 0.3) is 0 Å². The number of carbonyl (C=O) groups is 1. The summed E-state index contributed by atoms with van der Waals surface area (Å²) >= 11 is 0. The summed E-state index contributed by atoms with van der Waals surface area (Å²) in [6, 6.07) is 3.40. The highest BCUT2D eigenvalue weighted by atomic mass is 16.5. The van der Waals surface area contributed by atoms with Crippen molar-refractivity contribution in [3.05, 3.63) is 57.0 Å². The van der Waals surface area contributed by atoms with Crippen LogP contribution in [0.3, 0.4) is 0 Å². The van der Waals surface area contributed by atoms with Crippen molar-refractivity contribution in [1.29, 1.82) is 0 Å². The van der Waals surface area contributed by atoms with Crippen molar-refractivity contribution in [3.8, 4) is 5.88 Å². The zero-order chi connectivity index (χ0) is 21.0. The van der Waals surface area contributed by atoms with E-state index in [0.717, 1.165) is 4.57 Å². The van der Waals surface area contributed by atoms with Crippen LogP contribution in [0.2, 0.25) is 0 Å². The van der Waals surface area contributed by atoms with Crippen LogP contribution in [-0.2, 0) is 11.3 Å². The van der Waals surface area contributed by atoms with E-state index in [2.05, 4.69) is 15.3 Å². The Kier molecular flexibility index (Phi) is 6.42. The molecule has 0 aliphatic carbocycles. The molecular weight excluding hydrogens is 384 g/mol. The number of ether oxygens (including phenoxy) is 2. The average Bonchev–Trinajstić information content (AvgIpc) is 2.70. The average molecular weight is 406 g/mol. The number of aromatic amines is 1. The lowest BCUT2D eigenvalue weighted by atomic mass is 9.97. The van der Waals surface area contributed by atoms with Gasteiger partial charge in [0.05, 0.1) is 25.8 Å². The van der Waals surface area contributed by atoms with Crippen LogP contribution in [0.5, 0.6) is 5.88 Å². The lowest BCUT2D eigenvalue weighted by molar-refractivity contribution is -0.152. The minimum atomic E-state index is -1.37. The number of hydrogen-bond acceptors (Lipinski definition) is 8. The van der Waals surface area contributed by atoms with E-state index in [-0.39, 0.29) is 24.6 Å². The highest BCUT2D eigenvalue weighted by molar-refractivity contribution is 5.96. The summed E-state index contributed by atoms with van der Waals surface area (Å²) in [5.41, 5.74) is -1.00. The molecule has 4 N–H and O–H groups in total. The molecule has 0 unspecified atom stereocenters. The van der Waals surface area contributed by atoms with Crippen LogP contribution < -0.4 is 21.3 Å². The zero-order valence-corrected chi connectivity index (χ0v) is 15.6. The molecule has 4 atom stereocenters. The standard InChI is InChI=1S/C18H22N4O7/c1-2-28-17-10(4-3-6-19-17)16(26)20-11-9-29-12(15(25)14(11)24)8-22-7-5-13(23)21-18(22)27/h3-7,11-12,14-15,24-25H,2,8-9H2,1H3,(H,20,26)(H,21,23,27)/t11-,12-,14+,15-/m1/s1. The number of pyridine rings is 1. The van der Waals surface area contributed by atoms with E-state index in [0.29, 0.717) is 6.61 Å². The fraction of sp³-hybridized carbons (Fsp3) is 0.444. The summed E-state index contributed by atoms with van der Waals surface area (Å²) in [5, 5.41) is 23.4. The molecule has 1 fully saturated rings. The highest BCUT2D eigenvalue weighted by Crippen LogP contribution is 2.19. The van der Waals surface area contributed by atoms with Crippen LogP contribution in [-0.4, -0.2) is 68.2 Å². The maximum absolute atomic E-state index is 12.6. The van der Waals surface area contributed by atoms with Gasteiger partial charge in [-0.1, -0.05) is 0 Å². The van der Waals surface area contributed by atoms with Crippen molar-refractivity contribution in [3.63, 3.8) is 0 Å². The third-order valence-electron chi connectivity index (χ3n) is 4.52. The Balaban J connectivity index is 1.66. The molecule has 0 radical (unpaired) electrons. The first-order chi connectivity index (χ1) is 13.9. The van der Waals surface area contributed by atoms with Gasteiger partial charge in [-0.15, -0.1) is 0 Å². The van der Waals surface area contributed by atoms with E-state index in [1.807, 2.05) is 0 Å². The number of nitrogens with zero attached hydrogens (tertiary/aromatic N) is 2. The Morgan fingerprint density at radius 1 is 1.38 bits per heavy atom. The molecule has 0 aromatic carbocycles. The number of carbonyl (C=O) groups excluding carboxylic acids is 1. The fourth-order valence-corrected chi connectivity index (χ4v) is 3.01. The molecule has 0 saturated carbocycles. The Bertz CT molecular complexity index is 973. The minimum absolute atomic E-state index is 0.0778. The zero-order valence-electron chi connectivity index (χ0n) is 15.6. The van der Waals surface area contributed by atoms with Gasteiger partial charge in [0, 0.05) is 18.5 Å². The Morgan fingerprint density at radius 3 is 2.90 bits per heavy atom.